The Kier molecular flexibility index (Phi) is 4.97. The number of rotatable bonds is 3. The third-order valence-electron chi connectivity index (χ3n) is 3.24. The molecule has 1 unspecified atom stereocenters. The Hall–Kier alpha value is -0.470. The molecule has 0 aromatic carbocycles. The molecule has 0 amide bonds. The first-order chi connectivity index (χ1) is 9.02. The molecule has 0 saturated carbocycles. The summed E-state index contributed by atoms with van der Waals surface area (Å²) in [4.78, 5) is 11.6. The summed E-state index contributed by atoms with van der Waals surface area (Å²) in [5.74, 6) is 2.06. The van der Waals surface area contributed by atoms with E-state index in [1.807, 2.05) is 7.05 Å². The van der Waals surface area contributed by atoms with Gasteiger partial charge in [0.05, 0.1) is 15.9 Å². The van der Waals surface area contributed by atoms with Gasteiger partial charge in [-0.3, -0.25) is 0 Å². The Bertz CT molecular complexity index is 453. The number of morpholine rings is 1. The number of likely N-dealkylation sites (N-methyl/N-ethyl adjacent to an activating group) is 1. The van der Waals surface area contributed by atoms with Crippen molar-refractivity contribution in [2.24, 2.45) is 0 Å². The average Bonchev–Trinajstić information content (AvgIpc) is 2.38. The van der Waals surface area contributed by atoms with Crippen LogP contribution >= 0.6 is 22.6 Å². The second-order valence-corrected chi connectivity index (χ2v) is 6.23. The van der Waals surface area contributed by atoms with Gasteiger partial charge in [0.25, 0.3) is 0 Å². The summed E-state index contributed by atoms with van der Waals surface area (Å²) < 4.78 is 6.91. The van der Waals surface area contributed by atoms with E-state index in [-0.39, 0.29) is 6.10 Å². The van der Waals surface area contributed by atoms with Crippen LogP contribution in [0.2, 0.25) is 0 Å². The summed E-state index contributed by atoms with van der Waals surface area (Å²) in [5, 5.41) is 3.15. The fourth-order valence-electron chi connectivity index (χ4n) is 2.11. The molecule has 0 spiro atoms. The highest BCUT2D eigenvalue weighted by molar-refractivity contribution is 14.1. The van der Waals surface area contributed by atoms with E-state index in [4.69, 9.17) is 9.72 Å². The van der Waals surface area contributed by atoms with Gasteiger partial charge in [-0.15, -0.1) is 0 Å². The number of nitrogens with one attached hydrogen (secondary N) is 1. The smallest absolute Gasteiger partial charge is 0.161 e. The molecule has 1 aromatic heterocycles. The number of ether oxygens (including phenoxy) is 1. The van der Waals surface area contributed by atoms with E-state index in [1.54, 1.807) is 0 Å². The summed E-state index contributed by atoms with van der Waals surface area (Å²) in [6, 6.07) is 0. The SMILES string of the molecule is CNc1nc(C2CN(C)CCO2)nc(C(C)C)c1I. The lowest BCUT2D eigenvalue weighted by Gasteiger charge is -2.29. The van der Waals surface area contributed by atoms with Gasteiger partial charge >= 0.3 is 0 Å². The van der Waals surface area contributed by atoms with E-state index in [0.717, 1.165) is 40.6 Å². The van der Waals surface area contributed by atoms with Crippen molar-refractivity contribution in [1.82, 2.24) is 14.9 Å². The van der Waals surface area contributed by atoms with Crippen LogP contribution in [0.5, 0.6) is 0 Å². The molecule has 1 aliphatic rings. The predicted octanol–water partition coefficient (Wildman–Crippen LogP) is 2.25. The Morgan fingerprint density at radius 1 is 1.42 bits per heavy atom. The van der Waals surface area contributed by atoms with Crippen LogP contribution < -0.4 is 5.32 Å². The maximum absolute atomic E-state index is 5.81. The predicted molar refractivity (Wildman–Crippen MR) is 84.6 cm³/mol. The fraction of sp³-hybridized carbons (Fsp3) is 0.692. The zero-order chi connectivity index (χ0) is 14.0. The molecule has 6 heteroatoms. The monoisotopic (exact) mass is 376 g/mol. The van der Waals surface area contributed by atoms with Gasteiger partial charge in [-0.25, -0.2) is 9.97 Å². The first-order valence-electron chi connectivity index (χ1n) is 6.58. The van der Waals surface area contributed by atoms with Crippen LogP contribution in [0.4, 0.5) is 5.82 Å². The van der Waals surface area contributed by atoms with Crippen LogP contribution in [0.3, 0.4) is 0 Å². The van der Waals surface area contributed by atoms with Gasteiger partial charge in [0.2, 0.25) is 0 Å². The minimum Gasteiger partial charge on any atom is -0.372 e. The zero-order valence-corrected chi connectivity index (χ0v) is 14.1. The normalized spacial score (nSPS) is 20.8. The Balaban J connectivity index is 2.37. The van der Waals surface area contributed by atoms with Crippen LogP contribution in [0.15, 0.2) is 0 Å². The number of anilines is 1. The number of halogens is 1. The van der Waals surface area contributed by atoms with Crippen molar-refractivity contribution in [3.8, 4) is 0 Å². The molecule has 19 heavy (non-hydrogen) atoms. The van der Waals surface area contributed by atoms with E-state index in [0.29, 0.717) is 5.92 Å². The van der Waals surface area contributed by atoms with Crippen LogP contribution in [0.1, 0.15) is 37.4 Å². The van der Waals surface area contributed by atoms with Gasteiger partial charge in [0.15, 0.2) is 5.82 Å². The maximum Gasteiger partial charge on any atom is 0.161 e. The van der Waals surface area contributed by atoms with E-state index in [9.17, 15) is 0 Å². The minimum atomic E-state index is -0.0275. The highest BCUT2D eigenvalue weighted by atomic mass is 127. The van der Waals surface area contributed by atoms with E-state index in [1.165, 1.54) is 0 Å². The molecule has 1 N–H and O–H groups in total. The highest BCUT2D eigenvalue weighted by Gasteiger charge is 2.24. The quantitative estimate of drug-likeness (QED) is 0.821. The Morgan fingerprint density at radius 2 is 2.16 bits per heavy atom. The summed E-state index contributed by atoms with van der Waals surface area (Å²) in [5.41, 5.74) is 1.09. The molecular weight excluding hydrogens is 355 g/mol. The van der Waals surface area contributed by atoms with E-state index < -0.39 is 0 Å². The second kappa shape index (κ2) is 6.32. The molecule has 1 fully saturated rings. The first-order valence-corrected chi connectivity index (χ1v) is 7.66. The summed E-state index contributed by atoms with van der Waals surface area (Å²) in [7, 11) is 4.00. The zero-order valence-electron chi connectivity index (χ0n) is 11.9. The minimum absolute atomic E-state index is 0.0275. The lowest BCUT2D eigenvalue weighted by atomic mass is 10.1. The van der Waals surface area contributed by atoms with E-state index >= 15 is 0 Å². The molecule has 0 bridgehead atoms. The molecule has 1 saturated heterocycles. The van der Waals surface area contributed by atoms with Crippen molar-refractivity contribution in [3.05, 3.63) is 15.1 Å². The lowest BCUT2D eigenvalue weighted by molar-refractivity contribution is -0.0255. The molecule has 106 valence electrons. The van der Waals surface area contributed by atoms with Gasteiger partial charge in [0, 0.05) is 20.1 Å². The van der Waals surface area contributed by atoms with Crippen LogP contribution in [0.25, 0.3) is 0 Å². The van der Waals surface area contributed by atoms with Gasteiger partial charge in [0.1, 0.15) is 11.9 Å². The number of aromatic nitrogens is 2. The van der Waals surface area contributed by atoms with Crippen molar-refractivity contribution in [1.29, 1.82) is 0 Å². The Morgan fingerprint density at radius 3 is 2.74 bits per heavy atom. The Labute approximate surface area is 128 Å². The molecule has 2 heterocycles. The van der Waals surface area contributed by atoms with Crippen LogP contribution in [0, 0.1) is 3.57 Å². The molecule has 0 aliphatic carbocycles. The third-order valence-corrected chi connectivity index (χ3v) is 4.30. The van der Waals surface area contributed by atoms with Crippen molar-refractivity contribution in [3.63, 3.8) is 0 Å². The first kappa shape index (κ1) is 14.9. The average molecular weight is 376 g/mol. The number of hydrogen-bond donors (Lipinski definition) is 1. The number of nitrogens with zero attached hydrogens (tertiary/aromatic N) is 3. The van der Waals surface area contributed by atoms with Crippen molar-refractivity contribution < 1.29 is 4.74 Å². The van der Waals surface area contributed by atoms with Crippen LogP contribution in [-0.4, -0.2) is 48.7 Å². The lowest BCUT2D eigenvalue weighted by Crippen LogP contribution is -2.36. The van der Waals surface area contributed by atoms with Crippen molar-refractivity contribution in [2.45, 2.75) is 25.9 Å². The molecule has 1 atom stereocenters. The maximum atomic E-state index is 5.81. The van der Waals surface area contributed by atoms with Crippen LogP contribution in [-0.2, 0) is 4.74 Å². The van der Waals surface area contributed by atoms with Crippen molar-refractivity contribution in [2.75, 3.05) is 39.1 Å². The standard InChI is InChI=1S/C13H21IN4O/c1-8(2)11-10(14)13(15-3)17-12(16-11)9-7-18(4)5-6-19-9/h8-9H,5-7H2,1-4H3,(H,15,16,17). The highest BCUT2D eigenvalue weighted by Crippen LogP contribution is 2.28. The van der Waals surface area contributed by atoms with Gasteiger partial charge in [-0.1, -0.05) is 13.8 Å². The van der Waals surface area contributed by atoms with E-state index in [2.05, 4.69) is 58.7 Å². The topological polar surface area (TPSA) is 50.3 Å². The third kappa shape index (κ3) is 3.35. The number of hydrogen-bond acceptors (Lipinski definition) is 5. The van der Waals surface area contributed by atoms with Gasteiger partial charge in [-0.2, -0.15) is 0 Å². The second-order valence-electron chi connectivity index (χ2n) is 5.16. The summed E-state index contributed by atoms with van der Waals surface area (Å²) in [6.07, 6.45) is -0.0275. The molecule has 2 rings (SSSR count). The van der Waals surface area contributed by atoms with Crippen molar-refractivity contribution >= 4 is 28.4 Å². The summed E-state index contributed by atoms with van der Waals surface area (Å²) in [6.45, 7) is 6.86. The van der Waals surface area contributed by atoms with Gasteiger partial charge < -0.3 is 15.0 Å². The largest absolute Gasteiger partial charge is 0.372 e. The molecular formula is C13H21IN4O. The fourth-order valence-corrected chi connectivity index (χ4v) is 3.24. The summed E-state index contributed by atoms with van der Waals surface area (Å²) >= 11 is 2.31. The van der Waals surface area contributed by atoms with Gasteiger partial charge in [-0.05, 0) is 35.6 Å². The molecule has 1 aliphatic heterocycles. The molecule has 0 radical (unpaired) electrons. The molecule has 5 nitrogen and oxygen atoms in total. The molecule has 1 aromatic rings.